The zero-order valence-electron chi connectivity index (χ0n) is 12.5. The van der Waals surface area contributed by atoms with Gasteiger partial charge >= 0.3 is 0 Å². The Labute approximate surface area is 127 Å². The Kier molecular flexibility index (Phi) is 3.27. The fourth-order valence-corrected chi connectivity index (χ4v) is 3.12. The molecule has 2 aliphatic heterocycles. The fraction of sp³-hybridized carbons (Fsp3) is 0.438. The summed E-state index contributed by atoms with van der Waals surface area (Å²) in [5.41, 5.74) is 2.18. The van der Waals surface area contributed by atoms with Gasteiger partial charge in [-0.3, -0.25) is 24.6 Å². The van der Waals surface area contributed by atoms with Crippen molar-refractivity contribution in [1.82, 2.24) is 10.2 Å². The van der Waals surface area contributed by atoms with Crippen LogP contribution in [-0.2, 0) is 16.1 Å². The summed E-state index contributed by atoms with van der Waals surface area (Å²) in [5.74, 6) is -4.32. The number of fused-ring (bicyclic) bond motifs is 1. The fourth-order valence-electron chi connectivity index (χ4n) is 3.12. The summed E-state index contributed by atoms with van der Waals surface area (Å²) in [6, 6.07) is 5.33. The van der Waals surface area contributed by atoms with Crippen molar-refractivity contribution in [3.8, 4) is 0 Å². The second-order valence-corrected chi connectivity index (χ2v) is 6.06. The monoisotopic (exact) mass is 304 g/mol. The van der Waals surface area contributed by atoms with Crippen molar-refractivity contribution in [2.24, 2.45) is 0 Å². The number of halogens is 1. The van der Waals surface area contributed by atoms with E-state index in [0.29, 0.717) is 5.56 Å². The Morgan fingerprint density at radius 2 is 2.00 bits per heavy atom. The summed E-state index contributed by atoms with van der Waals surface area (Å²) in [6.45, 7) is 4.06. The van der Waals surface area contributed by atoms with E-state index in [9.17, 15) is 14.4 Å². The number of benzene rings is 1. The summed E-state index contributed by atoms with van der Waals surface area (Å²) >= 11 is 0. The summed E-state index contributed by atoms with van der Waals surface area (Å²) in [6.07, 6.45) is -0.409. The van der Waals surface area contributed by atoms with Crippen LogP contribution in [0.25, 0.3) is 0 Å². The molecule has 0 aliphatic carbocycles. The standard InChI is InChI=1S/C16H17FN2O3/c1-9(2)10-4-3-5-11-12(10)8-19(14(11)21)16(17)7-6-13(20)18-15(16)22/h3-5,9H,6-8H2,1-2H3,(H,18,20,22). The van der Waals surface area contributed by atoms with Crippen molar-refractivity contribution in [3.05, 3.63) is 34.9 Å². The Morgan fingerprint density at radius 3 is 2.64 bits per heavy atom. The van der Waals surface area contributed by atoms with Gasteiger partial charge in [-0.15, -0.1) is 0 Å². The normalized spacial score (nSPS) is 24.7. The van der Waals surface area contributed by atoms with Crippen LogP contribution in [0, 0.1) is 0 Å². The number of carbonyl (C=O) groups is 3. The summed E-state index contributed by atoms with van der Waals surface area (Å²) in [4.78, 5) is 36.6. The number of amides is 3. The highest BCUT2D eigenvalue weighted by atomic mass is 19.1. The van der Waals surface area contributed by atoms with Crippen molar-refractivity contribution in [1.29, 1.82) is 0 Å². The van der Waals surface area contributed by atoms with Crippen molar-refractivity contribution >= 4 is 17.7 Å². The average molecular weight is 304 g/mol. The maximum atomic E-state index is 15.1. The second kappa shape index (κ2) is 4.90. The molecule has 22 heavy (non-hydrogen) atoms. The van der Waals surface area contributed by atoms with Crippen LogP contribution in [0.2, 0.25) is 0 Å². The molecule has 3 rings (SSSR count). The van der Waals surface area contributed by atoms with E-state index < -0.39 is 23.5 Å². The zero-order valence-corrected chi connectivity index (χ0v) is 12.5. The molecule has 0 bridgehead atoms. The number of hydrogen-bond acceptors (Lipinski definition) is 3. The number of nitrogens with one attached hydrogen (secondary N) is 1. The molecule has 1 aromatic rings. The van der Waals surface area contributed by atoms with Crippen LogP contribution >= 0.6 is 0 Å². The largest absolute Gasteiger partial charge is 0.294 e. The molecular weight excluding hydrogens is 287 g/mol. The van der Waals surface area contributed by atoms with E-state index in [1.807, 2.05) is 25.2 Å². The van der Waals surface area contributed by atoms with E-state index >= 15 is 4.39 Å². The zero-order chi connectivity index (χ0) is 16.1. The van der Waals surface area contributed by atoms with E-state index in [1.54, 1.807) is 12.1 Å². The molecule has 5 nitrogen and oxygen atoms in total. The minimum Gasteiger partial charge on any atom is -0.294 e. The molecule has 6 heteroatoms. The topological polar surface area (TPSA) is 66.5 Å². The van der Waals surface area contributed by atoms with E-state index in [1.165, 1.54) is 0 Å². The highest BCUT2D eigenvalue weighted by Crippen LogP contribution is 2.37. The molecule has 0 spiro atoms. The number of rotatable bonds is 2. The van der Waals surface area contributed by atoms with Crippen molar-refractivity contribution in [3.63, 3.8) is 0 Å². The lowest BCUT2D eigenvalue weighted by Crippen LogP contribution is -2.60. The highest BCUT2D eigenvalue weighted by Gasteiger charge is 2.53. The molecule has 3 amide bonds. The van der Waals surface area contributed by atoms with E-state index in [2.05, 4.69) is 0 Å². The van der Waals surface area contributed by atoms with E-state index in [0.717, 1.165) is 16.0 Å². The van der Waals surface area contributed by atoms with Crippen LogP contribution in [0.4, 0.5) is 4.39 Å². The lowest BCUT2D eigenvalue weighted by molar-refractivity contribution is -0.154. The lowest BCUT2D eigenvalue weighted by atomic mass is 9.95. The van der Waals surface area contributed by atoms with Gasteiger partial charge in [0.05, 0.1) is 6.54 Å². The van der Waals surface area contributed by atoms with Gasteiger partial charge in [-0.1, -0.05) is 26.0 Å². The molecular formula is C16H17FN2O3. The molecule has 2 heterocycles. The van der Waals surface area contributed by atoms with Gasteiger partial charge in [0.2, 0.25) is 5.91 Å². The number of carbonyl (C=O) groups excluding carboxylic acids is 3. The summed E-state index contributed by atoms with van der Waals surface area (Å²) in [7, 11) is 0. The lowest BCUT2D eigenvalue weighted by Gasteiger charge is -2.35. The van der Waals surface area contributed by atoms with Gasteiger partial charge in [-0.25, -0.2) is 4.39 Å². The molecule has 2 aliphatic rings. The van der Waals surface area contributed by atoms with Crippen LogP contribution in [0.15, 0.2) is 18.2 Å². The first-order valence-corrected chi connectivity index (χ1v) is 7.31. The quantitative estimate of drug-likeness (QED) is 0.670. The van der Waals surface area contributed by atoms with Crippen LogP contribution < -0.4 is 5.32 Å². The predicted molar refractivity (Wildman–Crippen MR) is 76.6 cm³/mol. The molecule has 1 fully saturated rings. The SMILES string of the molecule is CC(C)c1cccc2c1CN(C1(F)CCC(=O)NC1=O)C2=O. The number of piperidine rings is 1. The maximum absolute atomic E-state index is 15.1. The number of nitrogens with zero attached hydrogens (tertiary/aromatic N) is 1. The van der Waals surface area contributed by atoms with Gasteiger partial charge in [-0.05, 0) is 23.1 Å². The molecule has 1 N–H and O–H groups in total. The maximum Gasteiger partial charge on any atom is 0.285 e. The Balaban J connectivity index is 1.99. The Morgan fingerprint density at radius 1 is 1.27 bits per heavy atom. The van der Waals surface area contributed by atoms with Crippen LogP contribution in [0.1, 0.15) is 54.1 Å². The van der Waals surface area contributed by atoms with Crippen LogP contribution in [0.5, 0.6) is 0 Å². The van der Waals surface area contributed by atoms with Gasteiger partial charge in [0.25, 0.3) is 17.6 Å². The molecule has 1 atom stereocenters. The van der Waals surface area contributed by atoms with Gasteiger partial charge in [0.1, 0.15) is 0 Å². The Bertz CT molecular complexity index is 686. The molecule has 0 aromatic heterocycles. The first-order chi connectivity index (χ1) is 10.3. The smallest absolute Gasteiger partial charge is 0.285 e. The third-order valence-corrected chi connectivity index (χ3v) is 4.34. The van der Waals surface area contributed by atoms with Crippen LogP contribution in [-0.4, -0.2) is 28.4 Å². The molecule has 1 aromatic carbocycles. The van der Waals surface area contributed by atoms with Gasteiger partial charge < -0.3 is 0 Å². The third kappa shape index (κ3) is 2.01. The molecule has 0 saturated carbocycles. The van der Waals surface area contributed by atoms with Gasteiger partial charge in [-0.2, -0.15) is 0 Å². The first kappa shape index (κ1) is 14.7. The minimum absolute atomic E-state index is 0.0562. The van der Waals surface area contributed by atoms with Crippen molar-refractivity contribution in [2.75, 3.05) is 0 Å². The average Bonchev–Trinajstić information content (AvgIpc) is 2.81. The van der Waals surface area contributed by atoms with Gasteiger partial charge in [0, 0.05) is 18.4 Å². The molecule has 1 unspecified atom stereocenters. The van der Waals surface area contributed by atoms with E-state index in [4.69, 9.17) is 0 Å². The van der Waals surface area contributed by atoms with Gasteiger partial charge in [0.15, 0.2) is 0 Å². The summed E-state index contributed by atoms with van der Waals surface area (Å²) in [5, 5.41) is 1.98. The minimum atomic E-state index is -2.46. The highest BCUT2D eigenvalue weighted by molar-refractivity contribution is 6.06. The second-order valence-electron chi connectivity index (χ2n) is 6.06. The molecule has 116 valence electrons. The molecule has 1 saturated heterocycles. The third-order valence-electron chi connectivity index (χ3n) is 4.34. The number of imide groups is 1. The molecule has 0 radical (unpaired) electrons. The first-order valence-electron chi connectivity index (χ1n) is 7.31. The summed E-state index contributed by atoms with van der Waals surface area (Å²) < 4.78 is 15.1. The predicted octanol–water partition coefficient (Wildman–Crippen LogP) is 1.87. The van der Waals surface area contributed by atoms with Crippen molar-refractivity contribution in [2.45, 2.75) is 44.9 Å². The van der Waals surface area contributed by atoms with Crippen molar-refractivity contribution < 1.29 is 18.8 Å². The Hall–Kier alpha value is -2.24. The van der Waals surface area contributed by atoms with E-state index in [-0.39, 0.29) is 25.3 Å². The number of alkyl halides is 1. The number of hydrogen-bond donors (Lipinski definition) is 1. The van der Waals surface area contributed by atoms with Crippen LogP contribution in [0.3, 0.4) is 0 Å².